The van der Waals surface area contributed by atoms with Crippen molar-refractivity contribution >= 4 is 17.6 Å². The summed E-state index contributed by atoms with van der Waals surface area (Å²) in [7, 11) is 1.50. The summed E-state index contributed by atoms with van der Waals surface area (Å²) in [5.74, 6) is -0.294. The summed E-state index contributed by atoms with van der Waals surface area (Å²) < 4.78 is 5.44. The fraction of sp³-hybridized carbons (Fsp3) is 0.836. The number of rotatable bonds is 51. The molecule has 65 heavy (non-hydrogen) atoms. The maximum Gasteiger partial charge on any atom is 0.246 e. The lowest BCUT2D eigenvalue weighted by atomic mass is 10.0. The van der Waals surface area contributed by atoms with Gasteiger partial charge in [0.1, 0.15) is 18.7 Å². The van der Waals surface area contributed by atoms with E-state index < -0.39 is 0 Å². The predicted octanol–water partition coefficient (Wildman–Crippen LogP) is 14.8. The van der Waals surface area contributed by atoms with E-state index in [1.807, 2.05) is 0 Å². The van der Waals surface area contributed by atoms with Crippen molar-refractivity contribution in [3.05, 3.63) is 38.7 Å². The van der Waals surface area contributed by atoms with Crippen LogP contribution in [0, 0.1) is 0 Å². The lowest BCUT2D eigenvalue weighted by Crippen LogP contribution is -2.36. The summed E-state index contributed by atoms with van der Waals surface area (Å²) in [5.41, 5.74) is 0. The number of ketones is 1. The number of Topliss-reactive ketones (excluding diaryl/α,β-unsaturated/α-hetero) is 1. The number of carbonyl (C=O) groups is 3. The van der Waals surface area contributed by atoms with Gasteiger partial charge >= 0.3 is 0 Å². The Hall–Kier alpha value is -2.53. The Balaban J connectivity index is -0.00000932. The second-order valence-corrected chi connectivity index (χ2v) is 17.5. The van der Waals surface area contributed by atoms with Gasteiger partial charge in [0.2, 0.25) is 11.8 Å². The number of hydrogen-bond donors (Lipinski definition) is 2. The Bertz CT molecular complexity index is 960. The molecule has 0 fully saturated rings. The van der Waals surface area contributed by atoms with Gasteiger partial charge in [-0.15, -0.1) is 26.3 Å². The van der Waals surface area contributed by atoms with Gasteiger partial charge in [-0.25, -0.2) is 0 Å². The van der Waals surface area contributed by atoms with E-state index in [0.29, 0.717) is 26.0 Å². The summed E-state index contributed by atoms with van der Waals surface area (Å²) in [4.78, 5) is 47.8. The number of amides is 2. The Kier molecular flexibility index (Phi) is 63.1. The second-order valence-electron chi connectivity index (χ2n) is 17.5. The van der Waals surface area contributed by atoms with Crippen molar-refractivity contribution in [1.29, 1.82) is 0 Å². The molecule has 0 unspecified atom stereocenters. The zero-order valence-electron chi connectivity index (χ0n) is 43.2. The maximum absolute atomic E-state index is 12.6. The quantitative estimate of drug-likeness (QED) is 0.0155. The number of ether oxygens (including phenoxy) is 1. The molecule has 0 saturated carbocycles. The topological polar surface area (TPSA) is 115 Å². The molecule has 10 nitrogen and oxygen atoms in total. The summed E-state index contributed by atoms with van der Waals surface area (Å²) in [5, 5.41) is 9.92. The molecule has 10 heteroatoms. The van der Waals surface area contributed by atoms with E-state index in [1.165, 1.54) is 213 Å². The zero-order valence-corrected chi connectivity index (χ0v) is 43.2. The van der Waals surface area contributed by atoms with Crippen molar-refractivity contribution in [2.24, 2.45) is 0 Å². The Morgan fingerprint density at radius 1 is 0.477 bits per heavy atom. The molecule has 2 N–H and O–H groups in total. The molecule has 0 aliphatic carbocycles. The molecule has 0 aromatic heterocycles. The predicted molar refractivity (Wildman–Crippen MR) is 277 cm³/mol. The molecule has 0 radical (unpaired) electrons. The molecule has 0 saturated heterocycles. The standard InChI is InChI=1S/C51H99N3O7.2C2H4/c1-4-6-8-10-12-14-16-18-20-22-24-26-28-30-32-34-42-54(43-35-33-31-29-27-25-23-21-19-17-15-13-11-9-7-5-2)44-41-53-51(57)39-38-49(55)37-36-45-58-47-48-60-61-59-46-40-50(56)52-3;2*1-2/h40,46H,4-39,41-45,47-48H2,1-3H3,(H,52,56)(H,53,57);2*1-2H2/b46-40+;;. The van der Waals surface area contributed by atoms with E-state index in [0.717, 1.165) is 32.0 Å². The lowest BCUT2D eigenvalue weighted by Gasteiger charge is -2.22. The van der Waals surface area contributed by atoms with Crippen LogP contribution in [0.3, 0.4) is 0 Å². The smallest absolute Gasteiger partial charge is 0.246 e. The third-order valence-electron chi connectivity index (χ3n) is 11.7. The Labute approximate surface area is 402 Å². The molecule has 0 heterocycles. The molecular weight excluding hydrogens is 815 g/mol. The van der Waals surface area contributed by atoms with Crippen molar-refractivity contribution in [3.63, 3.8) is 0 Å². The van der Waals surface area contributed by atoms with Gasteiger partial charge in [-0.05, 0) is 37.4 Å². The summed E-state index contributed by atoms with van der Waals surface area (Å²) in [6, 6.07) is 0. The minimum atomic E-state index is -0.324. The Morgan fingerprint density at radius 2 is 0.877 bits per heavy atom. The summed E-state index contributed by atoms with van der Waals surface area (Å²) >= 11 is 0. The monoisotopic (exact) mass is 922 g/mol. The van der Waals surface area contributed by atoms with Crippen LogP contribution < -0.4 is 10.6 Å². The minimum Gasteiger partial charge on any atom is -0.379 e. The molecule has 0 bridgehead atoms. The number of nitrogens with zero attached hydrogens (tertiary/aromatic N) is 1. The molecule has 0 aliphatic heterocycles. The lowest BCUT2D eigenvalue weighted by molar-refractivity contribution is -0.491. The van der Waals surface area contributed by atoms with Crippen molar-refractivity contribution in [2.75, 3.05) is 53.0 Å². The second kappa shape index (κ2) is 61.5. The highest BCUT2D eigenvalue weighted by Gasteiger charge is 2.10. The third kappa shape index (κ3) is 59.5. The highest BCUT2D eigenvalue weighted by molar-refractivity contribution is 5.86. The first-order valence-electron chi connectivity index (χ1n) is 26.9. The molecule has 0 aromatic carbocycles. The number of unbranched alkanes of at least 4 members (excludes halogenated alkanes) is 30. The fourth-order valence-electron chi connectivity index (χ4n) is 7.75. The van der Waals surface area contributed by atoms with Gasteiger partial charge in [-0.2, -0.15) is 4.89 Å². The normalized spacial score (nSPS) is 11.0. The van der Waals surface area contributed by atoms with E-state index >= 15 is 0 Å². The van der Waals surface area contributed by atoms with Crippen LogP contribution >= 0.6 is 0 Å². The Morgan fingerprint density at radius 3 is 1.28 bits per heavy atom. The van der Waals surface area contributed by atoms with Crippen LogP contribution in [0.1, 0.15) is 245 Å². The van der Waals surface area contributed by atoms with E-state index in [4.69, 9.17) is 9.62 Å². The average molecular weight is 922 g/mol. The van der Waals surface area contributed by atoms with Crippen LogP contribution in [0.5, 0.6) is 0 Å². The number of nitrogens with one attached hydrogen (secondary N) is 2. The summed E-state index contributed by atoms with van der Waals surface area (Å²) in [6.07, 6.45) is 48.0. The molecule has 2 amide bonds. The number of carbonyl (C=O) groups excluding carboxylic acids is 3. The van der Waals surface area contributed by atoms with E-state index in [9.17, 15) is 14.4 Å². The van der Waals surface area contributed by atoms with Crippen LogP contribution in [-0.2, 0) is 33.9 Å². The van der Waals surface area contributed by atoms with Crippen molar-refractivity contribution < 1.29 is 33.9 Å². The van der Waals surface area contributed by atoms with E-state index in [-0.39, 0.29) is 43.7 Å². The molecule has 0 aliphatic rings. The first-order chi connectivity index (χ1) is 32.0. The molecule has 0 rings (SSSR count). The van der Waals surface area contributed by atoms with Gasteiger partial charge in [0, 0.05) is 52.1 Å². The van der Waals surface area contributed by atoms with Gasteiger partial charge in [0.25, 0.3) is 0 Å². The fourth-order valence-corrected chi connectivity index (χ4v) is 7.75. The minimum absolute atomic E-state index is 0.0427. The van der Waals surface area contributed by atoms with Crippen LogP contribution in [-0.4, -0.2) is 75.5 Å². The van der Waals surface area contributed by atoms with Crippen molar-refractivity contribution in [3.8, 4) is 0 Å². The van der Waals surface area contributed by atoms with Crippen LogP contribution in [0.4, 0.5) is 0 Å². The van der Waals surface area contributed by atoms with Crippen LogP contribution in [0.15, 0.2) is 38.7 Å². The van der Waals surface area contributed by atoms with E-state index in [2.05, 4.69) is 65.6 Å². The van der Waals surface area contributed by atoms with Crippen molar-refractivity contribution in [2.45, 2.75) is 245 Å². The first kappa shape index (κ1) is 66.7. The molecule has 0 aromatic rings. The maximum atomic E-state index is 12.6. The highest BCUT2D eigenvalue weighted by Crippen LogP contribution is 2.16. The average Bonchev–Trinajstić information content (AvgIpc) is 3.33. The molecule has 384 valence electrons. The summed E-state index contributed by atoms with van der Waals surface area (Å²) in [6.45, 7) is 21.1. The van der Waals surface area contributed by atoms with Gasteiger partial charge in [0.05, 0.1) is 6.61 Å². The SMILES string of the molecule is C=C.C=C.CCCCCCCCCCCCCCCCCCN(CCCCCCCCCCCCCCCCCC)CCNC(=O)CCC(=O)CCCOCCOOO/C=C/C(=O)NC. The molecule has 0 atom stereocenters. The molecule has 0 spiro atoms. The van der Waals surface area contributed by atoms with Crippen LogP contribution in [0.2, 0.25) is 0 Å². The van der Waals surface area contributed by atoms with Crippen molar-refractivity contribution in [1.82, 2.24) is 15.5 Å². The van der Waals surface area contributed by atoms with Crippen LogP contribution in [0.25, 0.3) is 0 Å². The first-order valence-corrected chi connectivity index (χ1v) is 26.9. The largest absolute Gasteiger partial charge is 0.379 e. The number of likely N-dealkylation sites (N-methyl/N-ethyl adjacent to an activating group) is 1. The van der Waals surface area contributed by atoms with Gasteiger partial charge in [0.15, 0.2) is 0 Å². The zero-order chi connectivity index (χ0) is 48.4. The van der Waals surface area contributed by atoms with E-state index in [1.54, 1.807) is 0 Å². The third-order valence-corrected chi connectivity index (χ3v) is 11.7. The molecular formula is C55H107N3O7. The van der Waals surface area contributed by atoms with Gasteiger partial charge in [-0.1, -0.05) is 206 Å². The van der Waals surface area contributed by atoms with Gasteiger partial charge < -0.3 is 25.2 Å². The van der Waals surface area contributed by atoms with Gasteiger partial charge in [-0.3, -0.25) is 14.4 Å². The highest BCUT2D eigenvalue weighted by atomic mass is 17.5. The number of hydrogen-bond acceptors (Lipinski definition) is 8.